The van der Waals surface area contributed by atoms with Gasteiger partial charge in [-0.25, -0.2) is 15.0 Å². The van der Waals surface area contributed by atoms with E-state index in [4.69, 9.17) is 9.72 Å². The van der Waals surface area contributed by atoms with Gasteiger partial charge in [-0.15, -0.1) is 0 Å². The molecule has 4 rings (SSSR count). The highest BCUT2D eigenvalue weighted by Crippen LogP contribution is 2.28. The molecule has 1 fully saturated rings. The Bertz CT molecular complexity index is 1020. The van der Waals surface area contributed by atoms with Gasteiger partial charge < -0.3 is 9.72 Å². The molecule has 2 aromatic heterocycles. The number of aryl methyl sites for hydroxylation is 1. The molecule has 1 aliphatic rings. The molecule has 0 aliphatic carbocycles. The van der Waals surface area contributed by atoms with E-state index in [-0.39, 0.29) is 5.56 Å². The fourth-order valence-electron chi connectivity index (χ4n) is 3.79. The zero-order valence-corrected chi connectivity index (χ0v) is 16.8. The van der Waals surface area contributed by atoms with Gasteiger partial charge in [0.15, 0.2) is 0 Å². The molecule has 1 aliphatic heterocycles. The summed E-state index contributed by atoms with van der Waals surface area (Å²) in [5, 5.41) is 0. The number of hydrogen-bond donors (Lipinski definition) is 1. The van der Waals surface area contributed by atoms with Gasteiger partial charge in [-0.2, -0.15) is 0 Å². The van der Waals surface area contributed by atoms with E-state index < -0.39 is 0 Å². The number of nitrogens with one attached hydrogen (secondary N) is 1. The summed E-state index contributed by atoms with van der Waals surface area (Å²) in [6.07, 6.45) is 5.57. The van der Waals surface area contributed by atoms with E-state index >= 15 is 0 Å². The van der Waals surface area contributed by atoms with Gasteiger partial charge in [0.1, 0.15) is 5.82 Å². The molecule has 1 N–H and O–H groups in total. The van der Waals surface area contributed by atoms with E-state index in [2.05, 4.69) is 19.9 Å². The fraction of sp³-hybridized carbons (Fsp3) is 0.364. The van der Waals surface area contributed by atoms with Crippen LogP contribution in [0.15, 0.2) is 47.5 Å². The van der Waals surface area contributed by atoms with Crippen LogP contribution in [0.5, 0.6) is 6.01 Å². The first-order chi connectivity index (χ1) is 14.1. The molecule has 0 amide bonds. The van der Waals surface area contributed by atoms with Crippen molar-refractivity contribution in [3.8, 4) is 17.4 Å². The highest BCUT2D eigenvalue weighted by molar-refractivity contribution is 5.55. The van der Waals surface area contributed by atoms with Crippen LogP contribution in [0.1, 0.15) is 35.6 Å². The number of nitrogens with zero attached hydrogens (tertiary/aromatic N) is 4. The monoisotopic (exact) mass is 391 g/mol. The van der Waals surface area contributed by atoms with Crippen LogP contribution in [0.2, 0.25) is 0 Å². The Morgan fingerprint density at radius 1 is 1.17 bits per heavy atom. The van der Waals surface area contributed by atoms with Crippen LogP contribution in [-0.4, -0.2) is 45.0 Å². The van der Waals surface area contributed by atoms with Crippen LogP contribution < -0.4 is 10.3 Å². The summed E-state index contributed by atoms with van der Waals surface area (Å²) < 4.78 is 5.01. The zero-order valence-electron chi connectivity index (χ0n) is 16.8. The maximum absolute atomic E-state index is 12.2. The van der Waals surface area contributed by atoms with E-state index in [0.29, 0.717) is 17.8 Å². The molecule has 0 saturated carbocycles. The molecule has 0 bridgehead atoms. The molecule has 0 atom stereocenters. The largest absolute Gasteiger partial charge is 0.467 e. The topological polar surface area (TPSA) is 84.0 Å². The third-order valence-electron chi connectivity index (χ3n) is 5.33. The number of methoxy groups -OCH3 is 1. The number of ether oxygens (including phenoxy) is 1. The first-order valence-electron chi connectivity index (χ1n) is 9.86. The summed E-state index contributed by atoms with van der Waals surface area (Å²) in [5.41, 5.74) is 3.95. The minimum absolute atomic E-state index is 0.0932. The number of aromatic nitrogens is 4. The van der Waals surface area contributed by atoms with Crippen LogP contribution in [0.25, 0.3) is 11.4 Å². The standard InChI is InChI=1S/C22H25N5O2/c1-15-4-3-5-18(10-15)21-25-19(11-20(28)26-21)17-6-8-27(9-7-17)14-16-12-23-22(29-2)24-13-16/h3-5,10-13,17H,6-9,14H2,1-2H3,(H,25,26,28). The summed E-state index contributed by atoms with van der Waals surface area (Å²) >= 11 is 0. The molecular weight excluding hydrogens is 366 g/mol. The first kappa shape index (κ1) is 19.3. The van der Waals surface area contributed by atoms with E-state index in [1.165, 1.54) is 0 Å². The van der Waals surface area contributed by atoms with Crippen molar-refractivity contribution < 1.29 is 4.74 Å². The summed E-state index contributed by atoms with van der Waals surface area (Å²) in [4.78, 5) is 30.6. The summed E-state index contributed by atoms with van der Waals surface area (Å²) in [7, 11) is 1.56. The van der Waals surface area contributed by atoms with E-state index in [9.17, 15) is 4.79 Å². The van der Waals surface area contributed by atoms with Crippen LogP contribution in [0.3, 0.4) is 0 Å². The molecule has 0 unspecified atom stereocenters. The smallest absolute Gasteiger partial charge is 0.316 e. The van der Waals surface area contributed by atoms with Gasteiger partial charge in [0.05, 0.1) is 12.8 Å². The lowest BCUT2D eigenvalue weighted by Crippen LogP contribution is -2.33. The van der Waals surface area contributed by atoms with Gasteiger partial charge in [-0.05, 0) is 38.9 Å². The highest BCUT2D eigenvalue weighted by Gasteiger charge is 2.23. The Morgan fingerprint density at radius 3 is 2.62 bits per heavy atom. The van der Waals surface area contributed by atoms with Crippen molar-refractivity contribution in [1.29, 1.82) is 0 Å². The molecule has 0 radical (unpaired) electrons. The Balaban J connectivity index is 1.43. The van der Waals surface area contributed by atoms with E-state index in [1.807, 2.05) is 43.6 Å². The van der Waals surface area contributed by atoms with E-state index in [1.54, 1.807) is 13.2 Å². The van der Waals surface area contributed by atoms with Crippen LogP contribution >= 0.6 is 0 Å². The minimum atomic E-state index is -0.0932. The third-order valence-corrected chi connectivity index (χ3v) is 5.33. The van der Waals surface area contributed by atoms with Crippen molar-refractivity contribution in [1.82, 2.24) is 24.8 Å². The van der Waals surface area contributed by atoms with Crippen molar-refractivity contribution in [3.05, 3.63) is 69.9 Å². The molecule has 150 valence electrons. The maximum Gasteiger partial charge on any atom is 0.316 e. The Labute approximate surface area is 169 Å². The second-order valence-electron chi connectivity index (χ2n) is 7.52. The molecule has 3 aromatic rings. The Morgan fingerprint density at radius 2 is 1.93 bits per heavy atom. The van der Waals surface area contributed by atoms with Crippen molar-refractivity contribution in [2.75, 3.05) is 20.2 Å². The number of aromatic amines is 1. The molecule has 1 aromatic carbocycles. The van der Waals surface area contributed by atoms with Gasteiger partial charge >= 0.3 is 6.01 Å². The summed E-state index contributed by atoms with van der Waals surface area (Å²) in [6, 6.07) is 10.1. The molecule has 7 heteroatoms. The second-order valence-corrected chi connectivity index (χ2v) is 7.52. The molecule has 0 spiro atoms. The quantitative estimate of drug-likeness (QED) is 0.720. The molecule has 7 nitrogen and oxygen atoms in total. The van der Waals surface area contributed by atoms with Crippen molar-refractivity contribution >= 4 is 0 Å². The lowest BCUT2D eigenvalue weighted by molar-refractivity contribution is 0.202. The van der Waals surface area contributed by atoms with Gasteiger partial charge in [0.25, 0.3) is 5.56 Å². The van der Waals surface area contributed by atoms with Crippen LogP contribution in [0.4, 0.5) is 0 Å². The number of rotatable bonds is 5. The number of likely N-dealkylation sites (tertiary alicyclic amines) is 1. The van der Waals surface area contributed by atoms with E-state index in [0.717, 1.165) is 54.9 Å². The summed E-state index contributed by atoms with van der Waals surface area (Å²) in [6.45, 7) is 4.75. The third kappa shape index (κ3) is 4.68. The molecular formula is C22H25N5O2. The van der Waals surface area contributed by atoms with Crippen molar-refractivity contribution in [2.24, 2.45) is 0 Å². The first-order valence-corrected chi connectivity index (χ1v) is 9.86. The lowest BCUT2D eigenvalue weighted by atomic mass is 9.93. The predicted octanol–water partition coefficient (Wildman–Crippen LogP) is 2.92. The van der Waals surface area contributed by atoms with Gasteiger partial charge in [0.2, 0.25) is 0 Å². The molecule has 1 saturated heterocycles. The number of hydrogen-bond acceptors (Lipinski definition) is 6. The van der Waals surface area contributed by atoms with Crippen molar-refractivity contribution in [3.63, 3.8) is 0 Å². The minimum Gasteiger partial charge on any atom is -0.467 e. The van der Waals surface area contributed by atoms with Crippen LogP contribution in [-0.2, 0) is 6.54 Å². The van der Waals surface area contributed by atoms with Crippen LogP contribution in [0, 0.1) is 6.92 Å². The second kappa shape index (κ2) is 8.53. The van der Waals surface area contributed by atoms with Crippen molar-refractivity contribution in [2.45, 2.75) is 32.2 Å². The maximum atomic E-state index is 12.2. The molecule has 3 heterocycles. The molecule has 29 heavy (non-hydrogen) atoms. The Kier molecular flexibility index (Phi) is 5.67. The SMILES string of the molecule is COc1ncc(CN2CCC(c3cc(=O)[nH]c(-c4cccc(C)c4)n3)CC2)cn1. The normalized spacial score (nSPS) is 15.4. The fourth-order valence-corrected chi connectivity index (χ4v) is 3.79. The van der Waals surface area contributed by atoms with Gasteiger partial charge in [-0.1, -0.05) is 23.8 Å². The predicted molar refractivity (Wildman–Crippen MR) is 111 cm³/mol. The number of H-pyrrole nitrogens is 1. The average molecular weight is 391 g/mol. The lowest BCUT2D eigenvalue weighted by Gasteiger charge is -2.31. The van der Waals surface area contributed by atoms with Gasteiger partial charge in [0, 0.05) is 42.0 Å². The van der Waals surface area contributed by atoms with Gasteiger partial charge in [-0.3, -0.25) is 9.69 Å². The zero-order chi connectivity index (χ0) is 20.2. The number of benzene rings is 1. The highest BCUT2D eigenvalue weighted by atomic mass is 16.5. The number of piperidine rings is 1. The average Bonchev–Trinajstić information content (AvgIpc) is 2.74. The Hall–Kier alpha value is -3.06. The summed E-state index contributed by atoms with van der Waals surface area (Å²) in [5.74, 6) is 0.943.